The molecule has 2 aromatic carbocycles. The zero-order valence-corrected chi connectivity index (χ0v) is 13.9. The Labute approximate surface area is 145 Å². The summed E-state index contributed by atoms with van der Waals surface area (Å²) >= 11 is 0. The Balaban J connectivity index is 1.54. The third-order valence-corrected chi connectivity index (χ3v) is 6.75. The van der Waals surface area contributed by atoms with E-state index in [0.29, 0.717) is 5.92 Å². The molecule has 2 aromatic rings. The number of carbonyl (C=O) groups excluding carboxylic acids is 1. The Kier molecular flexibility index (Phi) is 2.96. The van der Waals surface area contributed by atoms with Crippen molar-refractivity contribution in [2.45, 2.75) is 37.5 Å². The zero-order valence-electron chi connectivity index (χ0n) is 14.9. The van der Waals surface area contributed by atoms with Gasteiger partial charge in [0.25, 0.3) is 0 Å². The highest BCUT2D eigenvalue weighted by Gasteiger charge is 2.57. The van der Waals surface area contributed by atoms with Crippen molar-refractivity contribution in [2.75, 3.05) is 0 Å². The fourth-order valence-electron chi connectivity index (χ4n) is 6.06. The van der Waals surface area contributed by atoms with E-state index >= 15 is 0 Å². The quantitative estimate of drug-likeness (QED) is 0.705. The van der Waals surface area contributed by atoms with Gasteiger partial charge in [0.05, 0.1) is 0 Å². The maximum atomic E-state index is 13.3. The van der Waals surface area contributed by atoms with Crippen molar-refractivity contribution in [1.82, 2.24) is 0 Å². The number of rotatable bonds is 3. The summed E-state index contributed by atoms with van der Waals surface area (Å²) in [5.74, 6) is 0.236. The number of hydrogen-bond donors (Lipinski definition) is 0. The van der Waals surface area contributed by atoms with Gasteiger partial charge in [0, 0.05) is 12.8 Å². The maximum Gasteiger partial charge on any atom is 0.166 e. The van der Waals surface area contributed by atoms with Crippen LogP contribution in [0.4, 0.5) is 0 Å². The minimum atomic E-state index is -0.920. The number of ketones is 1. The second-order valence-electron chi connectivity index (χ2n) is 8.14. The molecule has 0 aromatic heterocycles. The van der Waals surface area contributed by atoms with Crippen molar-refractivity contribution >= 4 is 5.78 Å². The van der Waals surface area contributed by atoms with E-state index in [0.717, 1.165) is 31.2 Å². The van der Waals surface area contributed by atoms with E-state index < -0.39 is 5.89 Å². The fourth-order valence-corrected chi connectivity index (χ4v) is 6.06. The summed E-state index contributed by atoms with van der Waals surface area (Å²) in [6.45, 7) is 0. The van der Waals surface area contributed by atoms with E-state index in [1.807, 2.05) is 30.3 Å². The van der Waals surface area contributed by atoms with Crippen LogP contribution in [0.1, 0.15) is 49.4 Å². The van der Waals surface area contributed by atoms with Crippen LogP contribution in [0, 0.1) is 23.6 Å². The van der Waals surface area contributed by atoms with E-state index in [1.54, 1.807) is 0 Å². The van der Waals surface area contributed by atoms with Gasteiger partial charge in [0.2, 0.25) is 0 Å². The van der Waals surface area contributed by atoms with Gasteiger partial charge in [-0.2, -0.15) is 0 Å². The van der Waals surface area contributed by atoms with Crippen LogP contribution in [0.5, 0.6) is 0 Å². The molecule has 0 spiro atoms. The van der Waals surface area contributed by atoms with E-state index in [2.05, 4.69) is 30.3 Å². The van der Waals surface area contributed by atoms with Crippen LogP contribution >= 0.6 is 0 Å². The first-order valence-corrected chi connectivity index (χ1v) is 9.27. The highest BCUT2D eigenvalue weighted by molar-refractivity contribution is 5.98. The lowest BCUT2D eigenvalue weighted by molar-refractivity contribution is -0.0439. The topological polar surface area (TPSA) is 17.1 Å². The smallest absolute Gasteiger partial charge is 0.166 e. The first-order valence-electron chi connectivity index (χ1n) is 9.77. The van der Waals surface area contributed by atoms with Crippen molar-refractivity contribution in [1.29, 1.82) is 0 Å². The van der Waals surface area contributed by atoms with Crippen LogP contribution < -0.4 is 0 Å². The Hall–Kier alpha value is -1.89. The molecule has 4 aliphatic rings. The minimum absolute atomic E-state index is 0.0603. The molecule has 0 heterocycles. The number of carbonyl (C=O) groups is 1. The molecule has 1 nitrogen and oxygen atoms in total. The van der Waals surface area contributed by atoms with Crippen molar-refractivity contribution in [3.8, 4) is 0 Å². The maximum absolute atomic E-state index is 13.3. The summed E-state index contributed by atoms with van der Waals surface area (Å²) in [6.07, 6.45) is 5.39. The summed E-state index contributed by atoms with van der Waals surface area (Å²) < 4.78 is 9.29. The highest BCUT2D eigenvalue weighted by Crippen LogP contribution is 2.63. The molecule has 4 bridgehead atoms. The van der Waals surface area contributed by atoms with Crippen LogP contribution in [0.25, 0.3) is 0 Å². The van der Waals surface area contributed by atoms with Crippen LogP contribution in [0.3, 0.4) is 0 Å². The average molecular weight is 317 g/mol. The molecule has 4 aliphatic carbocycles. The molecule has 5 atom stereocenters. The van der Waals surface area contributed by atoms with Crippen molar-refractivity contribution in [2.24, 2.45) is 23.6 Å². The molecule has 0 radical (unpaired) electrons. The summed E-state index contributed by atoms with van der Waals surface area (Å²) in [5, 5.41) is 0. The van der Waals surface area contributed by atoms with Crippen LogP contribution in [-0.4, -0.2) is 5.78 Å². The third-order valence-electron chi connectivity index (χ3n) is 6.75. The normalized spacial score (nSPS) is 40.3. The highest BCUT2D eigenvalue weighted by atomic mass is 16.1. The Morgan fingerprint density at radius 2 is 1.46 bits per heavy atom. The average Bonchev–Trinajstić information content (AvgIpc) is 2.66. The van der Waals surface area contributed by atoms with Gasteiger partial charge in [-0.25, -0.2) is 0 Å². The molecule has 0 saturated heterocycles. The molecular weight excluding hydrogens is 292 g/mol. The molecule has 3 unspecified atom stereocenters. The largest absolute Gasteiger partial charge is 0.294 e. The summed E-state index contributed by atoms with van der Waals surface area (Å²) in [6, 6.07) is 20.4. The predicted molar refractivity (Wildman–Crippen MR) is 95.9 cm³/mol. The second kappa shape index (κ2) is 5.31. The molecule has 6 rings (SSSR count). The van der Waals surface area contributed by atoms with Crippen molar-refractivity contribution < 1.29 is 6.17 Å². The first kappa shape index (κ1) is 13.4. The van der Waals surface area contributed by atoms with Gasteiger partial charge in [-0.1, -0.05) is 60.7 Å². The van der Waals surface area contributed by atoms with Crippen LogP contribution in [-0.2, 0) is 5.41 Å². The Morgan fingerprint density at radius 3 is 2.08 bits per heavy atom. The second-order valence-corrected chi connectivity index (χ2v) is 8.14. The summed E-state index contributed by atoms with van der Waals surface area (Å²) in [7, 11) is 0. The molecule has 0 aliphatic heterocycles. The van der Waals surface area contributed by atoms with Gasteiger partial charge < -0.3 is 0 Å². The monoisotopic (exact) mass is 317 g/mol. The summed E-state index contributed by atoms with van der Waals surface area (Å²) in [4.78, 5) is 13.3. The standard InChI is InChI=1S/C23H24O/c24-22(17-7-3-1-4-8-17)21-18-11-16-12-19(21)15-23(13-16,14-18)20-9-5-2-6-10-20/h1-10,16,18-19,21H,11-15H2/t16?,18-,19+,21?,23?/i21D. The minimum Gasteiger partial charge on any atom is -0.294 e. The number of hydrogen-bond acceptors (Lipinski definition) is 1. The Bertz CT molecular complexity index is 781. The predicted octanol–water partition coefficient (Wildman–Crippen LogP) is 5.26. The number of benzene rings is 2. The van der Waals surface area contributed by atoms with Crippen LogP contribution in [0.2, 0.25) is 0 Å². The van der Waals surface area contributed by atoms with Gasteiger partial charge in [-0.15, -0.1) is 0 Å². The van der Waals surface area contributed by atoms with Crippen LogP contribution in [0.15, 0.2) is 60.7 Å². The van der Waals surface area contributed by atoms with Gasteiger partial charge in [0.15, 0.2) is 5.78 Å². The zero-order chi connectivity index (χ0) is 17.1. The van der Waals surface area contributed by atoms with Gasteiger partial charge in [-0.3, -0.25) is 4.79 Å². The van der Waals surface area contributed by atoms with Crippen molar-refractivity contribution in [3.05, 3.63) is 71.8 Å². The molecule has 4 fully saturated rings. The summed E-state index contributed by atoms with van der Waals surface area (Å²) in [5.41, 5.74) is 2.36. The van der Waals surface area contributed by atoms with E-state index in [9.17, 15) is 6.17 Å². The lowest BCUT2D eigenvalue weighted by Crippen LogP contribution is -2.54. The fraction of sp³-hybridized carbons (Fsp3) is 0.435. The third kappa shape index (κ3) is 2.10. The molecule has 1 heteroatoms. The first-order chi connectivity index (χ1) is 12.1. The number of Topliss-reactive ketones (excluding diaryl/α,β-unsaturated/α-hetero) is 1. The SMILES string of the molecule is [2H]C1(C(=O)c2ccccc2)[C@@H]2CC3C[C@H]1CC(c1ccccc1)(C3)C2. The molecule has 0 N–H and O–H groups in total. The van der Waals surface area contributed by atoms with Gasteiger partial charge >= 0.3 is 0 Å². The van der Waals surface area contributed by atoms with Crippen molar-refractivity contribution in [3.63, 3.8) is 0 Å². The molecule has 4 saturated carbocycles. The van der Waals surface area contributed by atoms with Gasteiger partial charge in [-0.05, 0) is 60.8 Å². The molecule has 0 amide bonds. The molecule has 24 heavy (non-hydrogen) atoms. The van der Waals surface area contributed by atoms with E-state index in [1.165, 1.54) is 12.0 Å². The molecule has 122 valence electrons. The van der Waals surface area contributed by atoms with E-state index in [-0.39, 0.29) is 23.0 Å². The lowest BCUT2D eigenvalue weighted by Gasteiger charge is -2.60. The molecular formula is C23H24O. The Morgan fingerprint density at radius 1 is 0.875 bits per heavy atom. The van der Waals surface area contributed by atoms with Gasteiger partial charge in [0.1, 0.15) is 0 Å². The lowest BCUT2D eigenvalue weighted by atomic mass is 9.44. The van der Waals surface area contributed by atoms with E-state index in [4.69, 9.17) is 0 Å².